The number of allylic oxidation sites excluding steroid dienone is 5. The van der Waals surface area contributed by atoms with Crippen molar-refractivity contribution in [2.75, 3.05) is 0 Å². The molecule has 1 radical (unpaired) electrons. The van der Waals surface area contributed by atoms with Gasteiger partial charge in [-0.15, -0.1) is 0 Å². The van der Waals surface area contributed by atoms with E-state index in [1.54, 1.807) is 6.08 Å². The highest BCUT2D eigenvalue weighted by molar-refractivity contribution is 4.99. The molecule has 0 aliphatic heterocycles. The van der Waals surface area contributed by atoms with Gasteiger partial charge in [0.1, 0.15) is 0 Å². The first-order valence-corrected chi connectivity index (χ1v) is 3.77. The minimum Gasteiger partial charge on any atom is -0.0882 e. The highest BCUT2D eigenvalue weighted by Crippen LogP contribution is 1.91. The van der Waals surface area contributed by atoms with Crippen LogP contribution in [0.4, 0.5) is 0 Å². The molecule has 0 aliphatic carbocycles. The van der Waals surface area contributed by atoms with Gasteiger partial charge >= 0.3 is 0 Å². The predicted octanol–water partition coefficient (Wildman–Crippen LogP) is 3.28. The van der Waals surface area contributed by atoms with E-state index in [0.717, 1.165) is 6.42 Å². The Labute approximate surface area is 64.0 Å². The highest BCUT2D eigenvalue weighted by Gasteiger charge is 1.71. The Morgan fingerprint density at radius 1 is 1.20 bits per heavy atom. The molecular formula is C10H15. The molecule has 0 atom stereocenters. The average Bonchev–Trinajstić information content (AvgIpc) is 1.97. The van der Waals surface area contributed by atoms with E-state index >= 15 is 0 Å². The van der Waals surface area contributed by atoms with Crippen molar-refractivity contribution in [1.82, 2.24) is 0 Å². The monoisotopic (exact) mass is 135 g/mol. The third-order valence-electron chi connectivity index (χ3n) is 1.14. The lowest BCUT2D eigenvalue weighted by Gasteiger charge is -1.82. The number of hydrogen-bond acceptors (Lipinski definition) is 0. The molecule has 0 spiro atoms. The van der Waals surface area contributed by atoms with E-state index in [-0.39, 0.29) is 0 Å². The van der Waals surface area contributed by atoms with Gasteiger partial charge in [0.15, 0.2) is 0 Å². The fourth-order valence-electron chi connectivity index (χ4n) is 0.616. The maximum absolute atomic E-state index is 5.13. The molecule has 0 aromatic rings. The van der Waals surface area contributed by atoms with Crippen molar-refractivity contribution in [2.45, 2.75) is 26.2 Å². The second-order valence-electron chi connectivity index (χ2n) is 2.12. The fraction of sp³-hybridized carbons (Fsp3) is 0.400. The van der Waals surface area contributed by atoms with Crippen LogP contribution in [-0.4, -0.2) is 0 Å². The average molecular weight is 135 g/mol. The molecule has 10 heavy (non-hydrogen) atoms. The molecule has 0 aliphatic rings. The van der Waals surface area contributed by atoms with Crippen molar-refractivity contribution in [1.29, 1.82) is 0 Å². The van der Waals surface area contributed by atoms with Crippen LogP contribution in [0.3, 0.4) is 0 Å². The maximum atomic E-state index is 5.13. The summed E-state index contributed by atoms with van der Waals surface area (Å²) in [4.78, 5) is 0. The van der Waals surface area contributed by atoms with Crippen molar-refractivity contribution in [2.24, 2.45) is 0 Å². The number of hydrogen-bond donors (Lipinski definition) is 0. The van der Waals surface area contributed by atoms with Gasteiger partial charge in [0, 0.05) is 0 Å². The zero-order valence-corrected chi connectivity index (χ0v) is 6.59. The fourth-order valence-corrected chi connectivity index (χ4v) is 0.616. The van der Waals surface area contributed by atoms with Gasteiger partial charge in [-0.2, -0.15) is 0 Å². The van der Waals surface area contributed by atoms with Gasteiger partial charge in [-0.25, -0.2) is 0 Å². The Morgan fingerprint density at radius 2 is 2.00 bits per heavy atom. The standard InChI is InChI=1S/C10H15/c1-3-5-7-9-10-8-6-4-2/h1,3,5,7-8,10H,4,6,9H2,2H3/b3-1?,7-5+,10-8?. The van der Waals surface area contributed by atoms with E-state index in [1.165, 1.54) is 12.8 Å². The highest BCUT2D eigenvalue weighted by atomic mass is 13.8. The lowest BCUT2D eigenvalue weighted by molar-refractivity contribution is 0.954. The first kappa shape index (κ1) is 9.22. The summed E-state index contributed by atoms with van der Waals surface area (Å²) in [5.41, 5.74) is 0. The van der Waals surface area contributed by atoms with Crippen LogP contribution in [0, 0.1) is 6.58 Å². The third-order valence-corrected chi connectivity index (χ3v) is 1.14. The van der Waals surface area contributed by atoms with Gasteiger partial charge in [0.2, 0.25) is 0 Å². The first-order valence-electron chi connectivity index (χ1n) is 3.77. The normalized spacial score (nSPS) is 11.3. The summed E-state index contributed by atoms with van der Waals surface area (Å²) in [5.74, 6) is 0. The molecule has 0 rings (SSSR count). The third kappa shape index (κ3) is 7.22. The van der Waals surface area contributed by atoms with Crippen LogP contribution in [0.25, 0.3) is 0 Å². The SMILES string of the molecule is [CH]=C/C=C/CC=CCCC. The van der Waals surface area contributed by atoms with Crippen LogP contribution < -0.4 is 0 Å². The lowest BCUT2D eigenvalue weighted by Crippen LogP contribution is -1.61. The molecule has 0 bridgehead atoms. The van der Waals surface area contributed by atoms with Gasteiger partial charge in [0.25, 0.3) is 0 Å². The molecule has 0 N–H and O–H groups in total. The van der Waals surface area contributed by atoms with Gasteiger partial charge in [-0.1, -0.05) is 50.3 Å². The molecule has 0 saturated carbocycles. The van der Waals surface area contributed by atoms with Gasteiger partial charge < -0.3 is 0 Å². The largest absolute Gasteiger partial charge is 0.0882 e. The van der Waals surface area contributed by atoms with Gasteiger partial charge in [-0.3, -0.25) is 0 Å². The van der Waals surface area contributed by atoms with Crippen LogP contribution >= 0.6 is 0 Å². The molecule has 0 saturated heterocycles. The van der Waals surface area contributed by atoms with E-state index in [9.17, 15) is 0 Å². The van der Waals surface area contributed by atoms with Crippen LogP contribution in [0.2, 0.25) is 0 Å². The molecule has 0 unspecified atom stereocenters. The summed E-state index contributed by atoms with van der Waals surface area (Å²) in [7, 11) is 0. The smallest absolute Gasteiger partial charge is 0.0166 e. The summed E-state index contributed by atoms with van der Waals surface area (Å²) >= 11 is 0. The van der Waals surface area contributed by atoms with Gasteiger partial charge in [0.05, 0.1) is 0 Å². The van der Waals surface area contributed by atoms with E-state index in [2.05, 4.69) is 19.1 Å². The topological polar surface area (TPSA) is 0 Å². The molecule has 0 amide bonds. The predicted molar refractivity (Wildman–Crippen MR) is 46.7 cm³/mol. The second-order valence-corrected chi connectivity index (χ2v) is 2.12. The minimum absolute atomic E-state index is 0.994. The molecule has 55 valence electrons. The quantitative estimate of drug-likeness (QED) is 0.401. The van der Waals surface area contributed by atoms with E-state index in [4.69, 9.17) is 6.58 Å². The first-order chi connectivity index (χ1) is 4.91. The molecule has 0 fully saturated rings. The zero-order valence-electron chi connectivity index (χ0n) is 6.59. The Hall–Kier alpha value is -0.780. The molecule has 0 heterocycles. The summed E-state index contributed by atoms with van der Waals surface area (Å²) in [6.45, 7) is 7.31. The Bertz CT molecular complexity index is 118. The van der Waals surface area contributed by atoms with Crippen LogP contribution in [0.1, 0.15) is 26.2 Å². The summed E-state index contributed by atoms with van der Waals surface area (Å²) in [6, 6.07) is 0. The molecular weight excluding hydrogens is 120 g/mol. The van der Waals surface area contributed by atoms with Crippen LogP contribution in [0.5, 0.6) is 0 Å². The van der Waals surface area contributed by atoms with E-state index in [0.29, 0.717) is 0 Å². The number of unbranched alkanes of at least 4 members (excludes halogenated alkanes) is 1. The minimum atomic E-state index is 0.994. The Balaban J connectivity index is 3.17. The molecule has 0 nitrogen and oxygen atoms in total. The molecule has 0 heteroatoms. The summed E-state index contributed by atoms with van der Waals surface area (Å²) in [5, 5.41) is 0. The molecule has 0 aromatic heterocycles. The maximum Gasteiger partial charge on any atom is -0.0166 e. The van der Waals surface area contributed by atoms with Crippen molar-refractivity contribution >= 4 is 0 Å². The van der Waals surface area contributed by atoms with Crippen molar-refractivity contribution in [3.63, 3.8) is 0 Å². The van der Waals surface area contributed by atoms with Crippen LogP contribution in [-0.2, 0) is 0 Å². The van der Waals surface area contributed by atoms with Crippen molar-refractivity contribution < 1.29 is 0 Å². The number of rotatable bonds is 5. The lowest BCUT2D eigenvalue weighted by atomic mass is 10.3. The Kier molecular flexibility index (Phi) is 7.58. The summed E-state index contributed by atoms with van der Waals surface area (Å²) in [6.07, 6.45) is 13.2. The summed E-state index contributed by atoms with van der Waals surface area (Å²) < 4.78 is 0. The van der Waals surface area contributed by atoms with E-state index in [1.807, 2.05) is 12.2 Å². The van der Waals surface area contributed by atoms with E-state index < -0.39 is 0 Å². The molecule has 0 aromatic carbocycles. The van der Waals surface area contributed by atoms with Crippen molar-refractivity contribution in [3.05, 3.63) is 37.0 Å². The van der Waals surface area contributed by atoms with Crippen molar-refractivity contribution in [3.8, 4) is 0 Å². The van der Waals surface area contributed by atoms with Crippen LogP contribution in [0.15, 0.2) is 30.4 Å². The Morgan fingerprint density at radius 3 is 2.60 bits per heavy atom. The zero-order chi connectivity index (χ0) is 7.66. The second kappa shape index (κ2) is 8.22. The van der Waals surface area contributed by atoms with Gasteiger partial charge in [-0.05, 0) is 12.8 Å².